The summed E-state index contributed by atoms with van der Waals surface area (Å²) >= 11 is 7.10. The first-order valence-electron chi connectivity index (χ1n) is 11.7. The lowest BCUT2D eigenvalue weighted by Crippen LogP contribution is -2.29. The Bertz CT molecular complexity index is 1270. The Morgan fingerprint density at radius 3 is 2.71 bits per heavy atom. The number of aromatic amines is 1. The first kappa shape index (κ1) is 24.1. The zero-order valence-corrected chi connectivity index (χ0v) is 21.2. The molecule has 4 rings (SSSR count). The quantitative estimate of drug-likeness (QED) is 0.246. The van der Waals surface area contributed by atoms with E-state index < -0.39 is 0 Å². The van der Waals surface area contributed by atoms with Crippen molar-refractivity contribution >= 4 is 29.5 Å². The molecule has 0 saturated carbocycles. The van der Waals surface area contributed by atoms with Crippen LogP contribution in [0.15, 0.2) is 66.0 Å². The molecule has 0 spiro atoms. The van der Waals surface area contributed by atoms with Gasteiger partial charge in [0.2, 0.25) is 5.91 Å². The van der Waals surface area contributed by atoms with Gasteiger partial charge in [-0.2, -0.15) is 5.10 Å². The number of nitrogens with one attached hydrogen (secondary N) is 2. The minimum Gasteiger partial charge on any atom is -0.344 e. The minimum absolute atomic E-state index is 0.0215. The maximum absolute atomic E-state index is 13.1. The van der Waals surface area contributed by atoms with Crippen molar-refractivity contribution in [1.82, 2.24) is 20.1 Å². The second-order valence-corrected chi connectivity index (χ2v) is 9.85. The molecule has 0 radical (unpaired) electrons. The Labute approximate surface area is 209 Å². The number of benzene rings is 2. The maximum Gasteiger partial charge on any atom is 0.222 e. The summed E-state index contributed by atoms with van der Waals surface area (Å²) in [5.41, 5.74) is 4.55. The maximum atomic E-state index is 13.1. The smallest absolute Gasteiger partial charge is 0.222 e. The number of hydrogen-bond acceptors (Lipinski definition) is 4. The molecule has 2 aromatic carbocycles. The number of aromatic nitrogens is 3. The standard InChI is InChI=1S/C27H30N4OS2/c1-3-4-8-20-11-13-21(14-12-20)25(23-10-6-17-34-23)28-24(32)15-16-31-26(29-30-27(31)33)22-9-5-7-19(2)18-22/h5-7,9-14,17-18,25H,3-4,8,15-16H2,1-2H3,(H,28,32)(H,30,33). The molecule has 176 valence electrons. The third-order valence-electron chi connectivity index (χ3n) is 5.86. The summed E-state index contributed by atoms with van der Waals surface area (Å²) in [6.45, 7) is 4.71. The third-order valence-corrected chi connectivity index (χ3v) is 7.11. The van der Waals surface area contributed by atoms with Gasteiger partial charge in [-0.15, -0.1) is 11.3 Å². The van der Waals surface area contributed by atoms with Crippen LogP contribution < -0.4 is 5.32 Å². The molecule has 1 atom stereocenters. The van der Waals surface area contributed by atoms with Crippen LogP contribution >= 0.6 is 23.6 Å². The first-order chi connectivity index (χ1) is 16.5. The summed E-state index contributed by atoms with van der Waals surface area (Å²) < 4.78 is 2.41. The van der Waals surface area contributed by atoms with Crippen LogP contribution in [-0.2, 0) is 17.8 Å². The lowest BCUT2D eigenvalue weighted by atomic mass is 10.0. The van der Waals surface area contributed by atoms with Crippen molar-refractivity contribution in [3.63, 3.8) is 0 Å². The first-order valence-corrected chi connectivity index (χ1v) is 13.0. The minimum atomic E-state index is -0.165. The van der Waals surface area contributed by atoms with Gasteiger partial charge < -0.3 is 5.32 Å². The zero-order valence-electron chi connectivity index (χ0n) is 19.6. The van der Waals surface area contributed by atoms with Gasteiger partial charge in [-0.1, -0.05) is 67.4 Å². The van der Waals surface area contributed by atoms with Gasteiger partial charge >= 0.3 is 0 Å². The van der Waals surface area contributed by atoms with E-state index in [1.807, 2.05) is 41.1 Å². The summed E-state index contributed by atoms with van der Waals surface area (Å²) in [5.74, 6) is 0.728. The average Bonchev–Trinajstić information content (AvgIpc) is 3.50. The number of unbranched alkanes of at least 4 members (excludes halogenated alkanes) is 1. The molecule has 0 aliphatic carbocycles. The number of carbonyl (C=O) groups excluding carboxylic acids is 1. The van der Waals surface area contributed by atoms with Crippen LogP contribution in [0.25, 0.3) is 11.4 Å². The summed E-state index contributed by atoms with van der Waals surface area (Å²) in [6, 6.07) is 20.7. The predicted molar refractivity (Wildman–Crippen MR) is 142 cm³/mol. The second kappa shape index (κ2) is 11.4. The lowest BCUT2D eigenvalue weighted by Gasteiger charge is -2.19. The Balaban J connectivity index is 1.48. The average molecular weight is 491 g/mol. The van der Waals surface area contributed by atoms with Crippen LogP contribution in [0.4, 0.5) is 0 Å². The van der Waals surface area contributed by atoms with Crippen LogP contribution in [0.1, 0.15) is 53.8 Å². The highest BCUT2D eigenvalue weighted by Crippen LogP contribution is 2.27. The molecular formula is C27H30N4OS2. The highest BCUT2D eigenvalue weighted by molar-refractivity contribution is 7.71. The topological polar surface area (TPSA) is 62.7 Å². The number of thiophene rings is 1. The fraction of sp³-hybridized carbons (Fsp3) is 0.296. The molecule has 0 aliphatic heterocycles. The van der Waals surface area contributed by atoms with E-state index in [1.165, 1.54) is 18.4 Å². The second-order valence-electron chi connectivity index (χ2n) is 8.48. The van der Waals surface area contributed by atoms with Crippen LogP contribution in [0.5, 0.6) is 0 Å². The highest BCUT2D eigenvalue weighted by atomic mass is 32.1. The molecule has 4 aromatic rings. The number of carbonyl (C=O) groups is 1. The molecule has 2 N–H and O–H groups in total. The number of aryl methyl sites for hydroxylation is 2. The van der Waals surface area contributed by atoms with Gasteiger partial charge in [0.15, 0.2) is 10.6 Å². The van der Waals surface area contributed by atoms with Gasteiger partial charge in [0.1, 0.15) is 0 Å². The van der Waals surface area contributed by atoms with Crippen LogP contribution in [-0.4, -0.2) is 20.7 Å². The van der Waals surface area contributed by atoms with Gasteiger partial charge in [0.25, 0.3) is 0 Å². The highest BCUT2D eigenvalue weighted by Gasteiger charge is 2.19. The molecular weight excluding hydrogens is 460 g/mol. The van der Waals surface area contributed by atoms with E-state index in [2.05, 4.69) is 58.8 Å². The van der Waals surface area contributed by atoms with E-state index in [1.54, 1.807) is 11.3 Å². The normalized spacial score (nSPS) is 11.9. The van der Waals surface area contributed by atoms with Crippen LogP contribution in [0, 0.1) is 11.7 Å². The van der Waals surface area contributed by atoms with Crippen LogP contribution in [0.3, 0.4) is 0 Å². The molecule has 7 heteroatoms. The molecule has 0 bridgehead atoms. The van der Waals surface area contributed by atoms with E-state index in [4.69, 9.17) is 12.2 Å². The van der Waals surface area contributed by atoms with Gasteiger partial charge in [0.05, 0.1) is 6.04 Å². The summed E-state index contributed by atoms with van der Waals surface area (Å²) in [6.07, 6.45) is 3.76. The predicted octanol–water partition coefficient (Wildman–Crippen LogP) is 6.62. The Morgan fingerprint density at radius 1 is 1.18 bits per heavy atom. The van der Waals surface area contributed by atoms with Crippen molar-refractivity contribution in [3.8, 4) is 11.4 Å². The number of rotatable bonds is 10. The van der Waals surface area contributed by atoms with Crippen molar-refractivity contribution < 1.29 is 4.79 Å². The zero-order chi connectivity index (χ0) is 23.9. The van der Waals surface area contributed by atoms with Gasteiger partial charge in [-0.25, -0.2) is 0 Å². The number of nitrogens with zero attached hydrogens (tertiary/aromatic N) is 2. The van der Waals surface area contributed by atoms with Gasteiger partial charge in [0, 0.05) is 23.4 Å². The van der Waals surface area contributed by atoms with E-state index in [-0.39, 0.29) is 11.9 Å². The molecule has 0 fully saturated rings. The lowest BCUT2D eigenvalue weighted by molar-refractivity contribution is -0.121. The van der Waals surface area contributed by atoms with Crippen molar-refractivity contribution in [2.45, 2.75) is 52.1 Å². The molecule has 1 unspecified atom stereocenters. The molecule has 2 aromatic heterocycles. The van der Waals surface area contributed by atoms with Crippen molar-refractivity contribution in [2.24, 2.45) is 0 Å². The summed E-state index contributed by atoms with van der Waals surface area (Å²) in [5, 5.41) is 12.6. The molecule has 5 nitrogen and oxygen atoms in total. The monoisotopic (exact) mass is 490 g/mol. The molecule has 2 heterocycles. The molecule has 34 heavy (non-hydrogen) atoms. The third kappa shape index (κ3) is 5.90. The SMILES string of the molecule is CCCCc1ccc(C(NC(=O)CCn2c(-c3cccc(C)c3)n[nH]c2=S)c2cccs2)cc1. The number of amides is 1. The summed E-state index contributed by atoms with van der Waals surface area (Å²) in [4.78, 5) is 14.2. The Hall–Kier alpha value is -3.03. The van der Waals surface area contributed by atoms with Crippen molar-refractivity contribution in [2.75, 3.05) is 0 Å². The molecule has 0 saturated heterocycles. The van der Waals surface area contributed by atoms with Crippen LogP contribution in [0.2, 0.25) is 0 Å². The van der Waals surface area contributed by atoms with E-state index in [0.29, 0.717) is 17.7 Å². The molecule has 1 amide bonds. The van der Waals surface area contributed by atoms with E-state index in [0.717, 1.165) is 33.8 Å². The van der Waals surface area contributed by atoms with Gasteiger partial charge in [-0.05, 0) is 60.6 Å². The molecule has 0 aliphatic rings. The summed E-state index contributed by atoms with van der Waals surface area (Å²) in [7, 11) is 0. The van der Waals surface area contributed by atoms with E-state index in [9.17, 15) is 4.79 Å². The Kier molecular flexibility index (Phi) is 8.08. The van der Waals surface area contributed by atoms with Crippen molar-refractivity contribution in [1.29, 1.82) is 0 Å². The van der Waals surface area contributed by atoms with Gasteiger partial charge in [-0.3, -0.25) is 14.5 Å². The fourth-order valence-electron chi connectivity index (χ4n) is 4.01. The number of hydrogen-bond donors (Lipinski definition) is 2. The number of H-pyrrole nitrogens is 1. The van der Waals surface area contributed by atoms with E-state index >= 15 is 0 Å². The van der Waals surface area contributed by atoms with Crippen molar-refractivity contribution in [3.05, 3.63) is 92.4 Å². The Morgan fingerprint density at radius 2 is 2.00 bits per heavy atom. The fourth-order valence-corrected chi connectivity index (χ4v) is 5.03. The largest absolute Gasteiger partial charge is 0.344 e.